The Morgan fingerprint density at radius 1 is 1.12 bits per heavy atom. The van der Waals surface area contributed by atoms with Crippen LogP contribution in [0.4, 0.5) is 0 Å². The van der Waals surface area contributed by atoms with Gasteiger partial charge < -0.3 is 16.0 Å². The molecular formula is C14H25N3. The highest BCUT2D eigenvalue weighted by atomic mass is 15.2. The third-order valence-corrected chi connectivity index (χ3v) is 4.63. The molecule has 0 aromatic carbocycles. The van der Waals surface area contributed by atoms with E-state index in [0.717, 1.165) is 37.4 Å². The van der Waals surface area contributed by atoms with E-state index in [-0.39, 0.29) is 0 Å². The van der Waals surface area contributed by atoms with Gasteiger partial charge >= 0.3 is 0 Å². The molecule has 5 atom stereocenters. The van der Waals surface area contributed by atoms with Crippen LogP contribution in [0.15, 0.2) is 11.6 Å². The van der Waals surface area contributed by atoms with Crippen molar-refractivity contribution < 1.29 is 0 Å². The van der Waals surface area contributed by atoms with E-state index < -0.39 is 0 Å². The van der Waals surface area contributed by atoms with Crippen LogP contribution in [0.2, 0.25) is 0 Å². The topological polar surface area (TPSA) is 36.1 Å². The van der Waals surface area contributed by atoms with Crippen molar-refractivity contribution in [3.05, 3.63) is 11.6 Å². The average Bonchev–Trinajstić information content (AvgIpc) is 2.71. The summed E-state index contributed by atoms with van der Waals surface area (Å²) in [5.41, 5.74) is 1.65. The van der Waals surface area contributed by atoms with Crippen molar-refractivity contribution in [2.45, 2.75) is 26.4 Å². The molecule has 0 aromatic heterocycles. The standard InChI is InChI=1S/C14H25N3/c1-9-3-11(7-15-5-9)13-8-17-14-12(13)4-10(2)6-16-14/h3,9-10,12-17H,4-8H2,1-2H3/t9-,10?,12?,13?,14?/m1/s1. The Labute approximate surface area is 104 Å². The maximum absolute atomic E-state index is 3.66. The fraction of sp³-hybridized carbons (Fsp3) is 0.857. The van der Waals surface area contributed by atoms with Gasteiger partial charge in [0.05, 0.1) is 6.17 Å². The average molecular weight is 235 g/mol. The summed E-state index contributed by atoms with van der Waals surface area (Å²) in [7, 11) is 0. The van der Waals surface area contributed by atoms with E-state index >= 15 is 0 Å². The van der Waals surface area contributed by atoms with Gasteiger partial charge in [-0.2, -0.15) is 0 Å². The van der Waals surface area contributed by atoms with E-state index in [1.54, 1.807) is 5.57 Å². The van der Waals surface area contributed by atoms with Crippen LogP contribution in [0.25, 0.3) is 0 Å². The lowest BCUT2D eigenvalue weighted by Crippen LogP contribution is -2.48. The second-order valence-corrected chi connectivity index (χ2v) is 6.26. The highest BCUT2D eigenvalue weighted by molar-refractivity contribution is 5.18. The van der Waals surface area contributed by atoms with Gasteiger partial charge in [0.2, 0.25) is 0 Å². The third kappa shape index (κ3) is 2.28. The minimum Gasteiger partial charge on any atom is -0.312 e. The van der Waals surface area contributed by atoms with Crippen molar-refractivity contribution in [3.8, 4) is 0 Å². The number of fused-ring (bicyclic) bond motifs is 1. The molecular weight excluding hydrogens is 210 g/mol. The van der Waals surface area contributed by atoms with Gasteiger partial charge in [-0.15, -0.1) is 0 Å². The zero-order valence-electron chi connectivity index (χ0n) is 11.0. The lowest BCUT2D eigenvalue weighted by molar-refractivity contribution is 0.218. The lowest BCUT2D eigenvalue weighted by atomic mass is 9.78. The van der Waals surface area contributed by atoms with Crippen LogP contribution in [0.3, 0.4) is 0 Å². The molecule has 2 fully saturated rings. The monoisotopic (exact) mass is 235 g/mol. The molecule has 3 nitrogen and oxygen atoms in total. The fourth-order valence-corrected chi connectivity index (χ4v) is 3.78. The van der Waals surface area contributed by atoms with Crippen LogP contribution in [-0.2, 0) is 0 Å². The number of piperidine rings is 1. The van der Waals surface area contributed by atoms with Crippen molar-refractivity contribution in [2.75, 3.05) is 26.2 Å². The molecule has 3 heteroatoms. The van der Waals surface area contributed by atoms with Crippen molar-refractivity contribution in [1.82, 2.24) is 16.0 Å². The van der Waals surface area contributed by atoms with E-state index in [9.17, 15) is 0 Å². The van der Waals surface area contributed by atoms with Crippen LogP contribution in [0, 0.1) is 23.7 Å². The van der Waals surface area contributed by atoms with E-state index in [2.05, 4.69) is 35.9 Å². The molecule has 3 aliphatic rings. The molecule has 3 N–H and O–H groups in total. The van der Waals surface area contributed by atoms with Crippen molar-refractivity contribution in [1.29, 1.82) is 0 Å². The first-order valence-electron chi connectivity index (χ1n) is 7.12. The van der Waals surface area contributed by atoms with Gasteiger partial charge in [-0.3, -0.25) is 0 Å². The molecule has 0 aromatic rings. The third-order valence-electron chi connectivity index (χ3n) is 4.63. The van der Waals surface area contributed by atoms with Gasteiger partial charge in [-0.1, -0.05) is 25.5 Å². The molecule has 3 rings (SSSR count). The second-order valence-electron chi connectivity index (χ2n) is 6.26. The summed E-state index contributed by atoms with van der Waals surface area (Å²) in [6.07, 6.45) is 4.46. The maximum Gasteiger partial charge on any atom is 0.0607 e. The Balaban J connectivity index is 1.75. The van der Waals surface area contributed by atoms with E-state index in [4.69, 9.17) is 0 Å². The zero-order chi connectivity index (χ0) is 11.8. The van der Waals surface area contributed by atoms with Crippen LogP contribution < -0.4 is 16.0 Å². The summed E-state index contributed by atoms with van der Waals surface area (Å²) in [6.45, 7) is 9.27. The molecule has 0 bridgehead atoms. The predicted octanol–water partition coefficient (Wildman–Crippen LogP) is 0.943. The molecule has 17 heavy (non-hydrogen) atoms. The Kier molecular flexibility index (Phi) is 3.24. The molecule has 0 amide bonds. The predicted molar refractivity (Wildman–Crippen MR) is 70.7 cm³/mol. The zero-order valence-corrected chi connectivity index (χ0v) is 11.0. The molecule has 3 aliphatic heterocycles. The largest absolute Gasteiger partial charge is 0.312 e. The van der Waals surface area contributed by atoms with Crippen LogP contribution in [0.1, 0.15) is 20.3 Å². The molecule has 96 valence electrons. The van der Waals surface area contributed by atoms with Gasteiger partial charge in [0.15, 0.2) is 0 Å². The van der Waals surface area contributed by atoms with E-state index in [1.807, 2.05) is 0 Å². The summed E-state index contributed by atoms with van der Waals surface area (Å²) in [5.74, 6) is 3.09. The quantitative estimate of drug-likeness (QED) is 0.592. The van der Waals surface area contributed by atoms with E-state index in [0.29, 0.717) is 12.1 Å². The van der Waals surface area contributed by atoms with E-state index in [1.165, 1.54) is 13.0 Å². The molecule has 2 saturated heterocycles. The van der Waals surface area contributed by atoms with Crippen LogP contribution >= 0.6 is 0 Å². The SMILES string of the molecule is CC1CNC2NCC(C3=C[C@@H](C)CNC3)C2C1. The summed E-state index contributed by atoms with van der Waals surface area (Å²) in [5, 5.41) is 10.9. The highest BCUT2D eigenvalue weighted by Crippen LogP contribution is 2.35. The normalized spacial score (nSPS) is 46.5. The Bertz CT molecular complexity index is 313. The number of hydrogen-bond acceptors (Lipinski definition) is 3. The maximum atomic E-state index is 3.66. The molecule has 0 radical (unpaired) electrons. The first kappa shape index (κ1) is 11.7. The van der Waals surface area contributed by atoms with Crippen molar-refractivity contribution in [3.63, 3.8) is 0 Å². The Morgan fingerprint density at radius 2 is 1.94 bits per heavy atom. The molecule has 3 heterocycles. The van der Waals surface area contributed by atoms with Crippen molar-refractivity contribution in [2.24, 2.45) is 23.7 Å². The van der Waals surface area contributed by atoms with Gasteiger partial charge in [0, 0.05) is 19.6 Å². The van der Waals surface area contributed by atoms with Crippen LogP contribution in [-0.4, -0.2) is 32.3 Å². The van der Waals surface area contributed by atoms with Gasteiger partial charge in [-0.05, 0) is 36.6 Å². The van der Waals surface area contributed by atoms with Crippen molar-refractivity contribution >= 4 is 0 Å². The molecule has 0 saturated carbocycles. The Hall–Kier alpha value is -0.380. The molecule has 0 aliphatic carbocycles. The second kappa shape index (κ2) is 4.71. The number of rotatable bonds is 1. The summed E-state index contributed by atoms with van der Waals surface area (Å²) < 4.78 is 0. The summed E-state index contributed by atoms with van der Waals surface area (Å²) >= 11 is 0. The van der Waals surface area contributed by atoms with Gasteiger partial charge in [-0.25, -0.2) is 0 Å². The Morgan fingerprint density at radius 3 is 2.76 bits per heavy atom. The summed E-state index contributed by atoms with van der Waals surface area (Å²) in [4.78, 5) is 0. The fourth-order valence-electron chi connectivity index (χ4n) is 3.78. The smallest absolute Gasteiger partial charge is 0.0607 e. The number of hydrogen-bond donors (Lipinski definition) is 3. The summed E-state index contributed by atoms with van der Waals surface area (Å²) in [6, 6.07) is 0. The first-order chi connectivity index (χ1) is 8.24. The molecule has 0 spiro atoms. The highest BCUT2D eigenvalue weighted by Gasteiger charge is 2.40. The molecule has 4 unspecified atom stereocenters. The first-order valence-corrected chi connectivity index (χ1v) is 7.12. The van der Waals surface area contributed by atoms with Gasteiger partial charge in [0.1, 0.15) is 0 Å². The number of nitrogens with one attached hydrogen (secondary N) is 3. The minimum absolute atomic E-state index is 0.564. The van der Waals surface area contributed by atoms with Crippen LogP contribution in [0.5, 0.6) is 0 Å². The lowest BCUT2D eigenvalue weighted by Gasteiger charge is -2.35. The van der Waals surface area contributed by atoms with Gasteiger partial charge in [0.25, 0.3) is 0 Å². The minimum atomic E-state index is 0.564.